The number of nitrogens with one attached hydrogen (secondary N) is 1. The van der Waals surface area contributed by atoms with Crippen molar-refractivity contribution in [3.05, 3.63) is 66.4 Å². The third-order valence-corrected chi connectivity index (χ3v) is 3.48. The lowest BCUT2D eigenvalue weighted by atomic mass is 10.0. The van der Waals surface area contributed by atoms with Crippen LogP contribution in [0.1, 0.15) is 12.5 Å². The van der Waals surface area contributed by atoms with Crippen molar-refractivity contribution < 1.29 is 0 Å². The maximum absolute atomic E-state index is 4.52. The zero-order valence-electron chi connectivity index (χ0n) is 11.6. The number of rotatable bonds is 4. The molecule has 0 fully saturated rings. The molecule has 1 aromatic heterocycles. The van der Waals surface area contributed by atoms with Crippen molar-refractivity contribution in [2.75, 3.05) is 6.54 Å². The summed E-state index contributed by atoms with van der Waals surface area (Å²) in [5.74, 6) is 0. The van der Waals surface area contributed by atoms with Crippen LogP contribution < -0.4 is 5.32 Å². The molecular formula is C18H18N2. The molecule has 3 rings (SSSR count). The lowest BCUT2D eigenvalue weighted by Gasteiger charge is -2.07. The lowest BCUT2D eigenvalue weighted by Crippen LogP contribution is -2.11. The molecule has 2 nitrogen and oxygen atoms in total. The van der Waals surface area contributed by atoms with E-state index in [2.05, 4.69) is 65.8 Å². The average molecular weight is 262 g/mol. The van der Waals surface area contributed by atoms with E-state index < -0.39 is 0 Å². The molecule has 0 atom stereocenters. The smallest absolute Gasteiger partial charge is 0.0780 e. The van der Waals surface area contributed by atoms with Crippen LogP contribution >= 0.6 is 0 Å². The highest BCUT2D eigenvalue weighted by Crippen LogP contribution is 2.27. The Labute approximate surface area is 119 Å². The minimum Gasteiger partial charge on any atom is -0.313 e. The quantitative estimate of drug-likeness (QED) is 0.768. The van der Waals surface area contributed by atoms with E-state index in [0.29, 0.717) is 0 Å². The SMILES string of the molecule is CCNCc1ccc(-c2cccc3cccnc23)cc1. The van der Waals surface area contributed by atoms with E-state index in [9.17, 15) is 0 Å². The molecule has 20 heavy (non-hydrogen) atoms. The second-order valence-electron chi connectivity index (χ2n) is 4.86. The van der Waals surface area contributed by atoms with Gasteiger partial charge >= 0.3 is 0 Å². The van der Waals surface area contributed by atoms with Crippen molar-refractivity contribution in [1.82, 2.24) is 10.3 Å². The minimum atomic E-state index is 0.921. The maximum atomic E-state index is 4.52. The van der Waals surface area contributed by atoms with E-state index in [1.165, 1.54) is 22.1 Å². The number of pyridine rings is 1. The van der Waals surface area contributed by atoms with E-state index in [-0.39, 0.29) is 0 Å². The Balaban J connectivity index is 1.98. The lowest BCUT2D eigenvalue weighted by molar-refractivity contribution is 0.727. The van der Waals surface area contributed by atoms with Gasteiger partial charge in [0.15, 0.2) is 0 Å². The molecule has 2 aromatic carbocycles. The molecule has 0 spiro atoms. The molecule has 0 unspecified atom stereocenters. The third kappa shape index (κ3) is 2.56. The standard InChI is InChI=1S/C18H18N2/c1-2-19-13-14-8-10-15(11-9-14)17-7-3-5-16-6-4-12-20-18(16)17/h3-12,19H,2,13H2,1H3. The van der Waals surface area contributed by atoms with E-state index in [0.717, 1.165) is 18.6 Å². The monoisotopic (exact) mass is 262 g/mol. The second kappa shape index (κ2) is 5.85. The number of para-hydroxylation sites is 1. The largest absolute Gasteiger partial charge is 0.313 e. The van der Waals surface area contributed by atoms with Crippen molar-refractivity contribution in [1.29, 1.82) is 0 Å². The predicted molar refractivity (Wildman–Crippen MR) is 84.6 cm³/mol. The first-order chi connectivity index (χ1) is 9.88. The second-order valence-corrected chi connectivity index (χ2v) is 4.86. The van der Waals surface area contributed by atoms with E-state index in [1.54, 1.807) is 0 Å². The molecule has 0 amide bonds. The Morgan fingerprint density at radius 3 is 2.55 bits per heavy atom. The molecule has 1 N–H and O–H groups in total. The van der Waals surface area contributed by atoms with Gasteiger partial charge in [-0.3, -0.25) is 4.98 Å². The van der Waals surface area contributed by atoms with Crippen LogP contribution in [0.25, 0.3) is 22.0 Å². The molecule has 0 bridgehead atoms. The van der Waals surface area contributed by atoms with Gasteiger partial charge in [0.1, 0.15) is 0 Å². The fourth-order valence-electron chi connectivity index (χ4n) is 2.41. The highest BCUT2D eigenvalue weighted by atomic mass is 14.8. The van der Waals surface area contributed by atoms with Crippen LogP contribution in [0.3, 0.4) is 0 Å². The first-order valence-electron chi connectivity index (χ1n) is 7.02. The molecule has 0 aliphatic rings. The van der Waals surface area contributed by atoms with Gasteiger partial charge in [-0.1, -0.05) is 55.5 Å². The van der Waals surface area contributed by atoms with Crippen LogP contribution in [0.5, 0.6) is 0 Å². The number of fused-ring (bicyclic) bond motifs is 1. The number of nitrogens with zero attached hydrogens (tertiary/aromatic N) is 1. The molecule has 3 aromatic rings. The molecule has 0 aliphatic heterocycles. The summed E-state index contributed by atoms with van der Waals surface area (Å²) in [6.45, 7) is 4.04. The molecule has 0 radical (unpaired) electrons. The van der Waals surface area contributed by atoms with Gasteiger partial charge in [-0.2, -0.15) is 0 Å². The summed E-state index contributed by atoms with van der Waals surface area (Å²) in [5.41, 5.74) is 4.78. The first kappa shape index (κ1) is 12.8. The Morgan fingerprint density at radius 2 is 1.75 bits per heavy atom. The molecule has 0 aliphatic carbocycles. The molecule has 100 valence electrons. The van der Waals surface area contributed by atoms with Crippen molar-refractivity contribution in [2.24, 2.45) is 0 Å². The highest BCUT2D eigenvalue weighted by molar-refractivity contribution is 5.93. The Hall–Kier alpha value is -2.19. The van der Waals surface area contributed by atoms with Crippen LogP contribution in [0.15, 0.2) is 60.8 Å². The summed E-state index contributed by atoms with van der Waals surface area (Å²) >= 11 is 0. The van der Waals surface area contributed by atoms with Gasteiger partial charge in [0, 0.05) is 23.7 Å². The van der Waals surface area contributed by atoms with Crippen molar-refractivity contribution >= 4 is 10.9 Å². The van der Waals surface area contributed by atoms with E-state index in [1.807, 2.05) is 12.3 Å². The van der Waals surface area contributed by atoms with Gasteiger partial charge in [0.25, 0.3) is 0 Å². The predicted octanol–water partition coefficient (Wildman–Crippen LogP) is 4.01. The highest BCUT2D eigenvalue weighted by Gasteiger charge is 2.04. The van der Waals surface area contributed by atoms with Gasteiger partial charge in [0.05, 0.1) is 5.52 Å². The molecule has 0 saturated heterocycles. The van der Waals surface area contributed by atoms with Gasteiger partial charge in [-0.05, 0) is 23.7 Å². The third-order valence-electron chi connectivity index (χ3n) is 3.48. The molecule has 0 saturated carbocycles. The van der Waals surface area contributed by atoms with Gasteiger partial charge in [0.2, 0.25) is 0 Å². The van der Waals surface area contributed by atoms with Crippen LogP contribution in [-0.2, 0) is 6.54 Å². The molecule has 2 heteroatoms. The summed E-state index contributed by atoms with van der Waals surface area (Å²) in [5, 5.41) is 4.52. The van der Waals surface area contributed by atoms with Crippen molar-refractivity contribution in [3.8, 4) is 11.1 Å². The summed E-state index contributed by atoms with van der Waals surface area (Å²) < 4.78 is 0. The normalized spacial score (nSPS) is 10.8. The minimum absolute atomic E-state index is 0.921. The summed E-state index contributed by atoms with van der Waals surface area (Å²) in [7, 11) is 0. The number of hydrogen-bond donors (Lipinski definition) is 1. The zero-order valence-corrected chi connectivity index (χ0v) is 11.6. The van der Waals surface area contributed by atoms with Gasteiger partial charge < -0.3 is 5.32 Å². The van der Waals surface area contributed by atoms with E-state index in [4.69, 9.17) is 0 Å². The topological polar surface area (TPSA) is 24.9 Å². The maximum Gasteiger partial charge on any atom is 0.0780 e. The van der Waals surface area contributed by atoms with Crippen molar-refractivity contribution in [3.63, 3.8) is 0 Å². The number of hydrogen-bond acceptors (Lipinski definition) is 2. The summed E-state index contributed by atoms with van der Waals surface area (Å²) in [4.78, 5) is 4.52. The fraction of sp³-hybridized carbons (Fsp3) is 0.167. The van der Waals surface area contributed by atoms with Gasteiger partial charge in [-0.25, -0.2) is 0 Å². The van der Waals surface area contributed by atoms with Crippen LogP contribution in [0.2, 0.25) is 0 Å². The van der Waals surface area contributed by atoms with Crippen LogP contribution in [-0.4, -0.2) is 11.5 Å². The number of benzene rings is 2. The Morgan fingerprint density at radius 1 is 0.950 bits per heavy atom. The van der Waals surface area contributed by atoms with E-state index >= 15 is 0 Å². The number of aromatic nitrogens is 1. The molecule has 1 heterocycles. The average Bonchev–Trinajstić information content (AvgIpc) is 2.53. The summed E-state index contributed by atoms with van der Waals surface area (Å²) in [6.07, 6.45) is 1.85. The van der Waals surface area contributed by atoms with Crippen LogP contribution in [0.4, 0.5) is 0 Å². The van der Waals surface area contributed by atoms with Gasteiger partial charge in [-0.15, -0.1) is 0 Å². The summed E-state index contributed by atoms with van der Waals surface area (Å²) in [6, 6.07) is 19.1. The van der Waals surface area contributed by atoms with Crippen LogP contribution in [0, 0.1) is 0 Å². The van der Waals surface area contributed by atoms with Crippen molar-refractivity contribution in [2.45, 2.75) is 13.5 Å². The first-order valence-corrected chi connectivity index (χ1v) is 7.02. The Bertz CT molecular complexity index is 697. The fourth-order valence-corrected chi connectivity index (χ4v) is 2.41. The Kier molecular flexibility index (Phi) is 3.75. The zero-order chi connectivity index (χ0) is 13.8. The molecular weight excluding hydrogens is 244 g/mol.